The van der Waals surface area contributed by atoms with Crippen molar-refractivity contribution in [2.24, 2.45) is 0 Å². The molecule has 24 heavy (non-hydrogen) atoms. The second-order valence-corrected chi connectivity index (χ2v) is 7.62. The van der Waals surface area contributed by atoms with Crippen molar-refractivity contribution in [3.8, 4) is 0 Å². The summed E-state index contributed by atoms with van der Waals surface area (Å²) in [6.07, 6.45) is 0.697. The molecule has 0 radical (unpaired) electrons. The van der Waals surface area contributed by atoms with Gasteiger partial charge in [-0.2, -0.15) is 0 Å². The molecule has 126 valence electrons. The molecular formula is C18H20N2O4. The minimum atomic E-state index is -0.475. The van der Waals surface area contributed by atoms with Gasteiger partial charge in [0.2, 0.25) is 11.8 Å². The first kappa shape index (κ1) is 16.4. The number of carbonyl (C=O) groups is 4. The van der Waals surface area contributed by atoms with E-state index in [9.17, 15) is 19.2 Å². The van der Waals surface area contributed by atoms with Crippen molar-refractivity contribution in [1.82, 2.24) is 9.80 Å². The van der Waals surface area contributed by atoms with Gasteiger partial charge in [0.25, 0.3) is 11.8 Å². The summed E-state index contributed by atoms with van der Waals surface area (Å²) in [4.78, 5) is 50.7. The van der Waals surface area contributed by atoms with Crippen LogP contribution >= 0.6 is 0 Å². The zero-order valence-corrected chi connectivity index (χ0v) is 14.3. The Morgan fingerprint density at radius 1 is 0.750 bits per heavy atom. The first-order valence-corrected chi connectivity index (χ1v) is 7.89. The van der Waals surface area contributed by atoms with Crippen LogP contribution in [0.4, 0.5) is 0 Å². The summed E-state index contributed by atoms with van der Waals surface area (Å²) in [5.74, 6) is -1.12. The molecule has 3 rings (SSSR count). The number of hydrogen-bond acceptors (Lipinski definition) is 4. The van der Waals surface area contributed by atoms with Crippen LogP contribution in [0.15, 0.2) is 24.3 Å². The molecule has 0 atom stereocenters. The smallest absolute Gasteiger partial charge is 0.260 e. The van der Waals surface area contributed by atoms with Crippen molar-refractivity contribution < 1.29 is 19.2 Å². The van der Waals surface area contributed by atoms with E-state index in [0.29, 0.717) is 24.0 Å². The second-order valence-electron chi connectivity index (χ2n) is 7.62. The number of hydrogen-bond donors (Lipinski definition) is 0. The first-order chi connectivity index (χ1) is 11.0. The fraction of sp³-hybridized carbons (Fsp3) is 0.444. The van der Waals surface area contributed by atoms with Crippen LogP contribution in [0.5, 0.6) is 0 Å². The molecule has 4 amide bonds. The molecule has 0 aliphatic carbocycles. The first-order valence-electron chi connectivity index (χ1n) is 7.89. The Labute approximate surface area is 140 Å². The van der Waals surface area contributed by atoms with Crippen LogP contribution in [0, 0.1) is 0 Å². The fourth-order valence-electron chi connectivity index (χ4n) is 3.34. The molecule has 0 saturated carbocycles. The van der Waals surface area contributed by atoms with E-state index in [0.717, 1.165) is 0 Å². The average molecular weight is 328 g/mol. The Morgan fingerprint density at radius 3 is 1.25 bits per heavy atom. The third kappa shape index (κ3) is 2.33. The van der Waals surface area contributed by atoms with Gasteiger partial charge in [-0.25, -0.2) is 0 Å². The van der Waals surface area contributed by atoms with Crippen LogP contribution in [-0.4, -0.2) is 44.5 Å². The van der Waals surface area contributed by atoms with Crippen molar-refractivity contribution in [3.63, 3.8) is 0 Å². The number of amides is 4. The molecule has 2 heterocycles. The van der Waals surface area contributed by atoms with Gasteiger partial charge in [-0.1, -0.05) is 0 Å². The molecule has 2 aliphatic heterocycles. The molecule has 2 aliphatic rings. The zero-order chi connectivity index (χ0) is 17.9. The van der Waals surface area contributed by atoms with Crippen LogP contribution in [0.3, 0.4) is 0 Å². The summed E-state index contributed by atoms with van der Waals surface area (Å²) >= 11 is 0. The van der Waals surface area contributed by atoms with Crippen molar-refractivity contribution in [3.05, 3.63) is 35.4 Å². The van der Waals surface area contributed by atoms with Crippen LogP contribution in [-0.2, 0) is 9.59 Å². The predicted molar refractivity (Wildman–Crippen MR) is 86.2 cm³/mol. The van der Waals surface area contributed by atoms with Gasteiger partial charge >= 0.3 is 0 Å². The Kier molecular flexibility index (Phi) is 3.41. The largest absolute Gasteiger partial charge is 0.274 e. The topological polar surface area (TPSA) is 74.8 Å². The van der Waals surface area contributed by atoms with Crippen LogP contribution in [0.2, 0.25) is 0 Å². The lowest BCUT2D eigenvalue weighted by Crippen LogP contribution is -2.62. The molecule has 0 aromatic heterocycles. The molecule has 2 saturated heterocycles. The van der Waals surface area contributed by atoms with Crippen molar-refractivity contribution in [1.29, 1.82) is 0 Å². The summed E-state index contributed by atoms with van der Waals surface area (Å²) in [6, 6.07) is 6.09. The highest BCUT2D eigenvalue weighted by Gasteiger charge is 2.48. The van der Waals surface area contributed by atoms with E-state index in [-0.39, 0.29) is 23.6 Å². The molecule has 1 aromatic rings. The highest BCUT2D eigenvalue weighted by molar-refractivity contribution is 6.11. The molecule has 2 fully saturated rings. The maximum Gasteiger partial charge on any atom is 0.260 e. The van der Waals surface area contributed by atoms with E-state index in [1.165, 1.54) is 34.1 Å². The third-order valence-electron chi connectivity index (χ3n) is 4.66. The number of nitrogens with zero attached hydrogens (tertiary/aromatic N) is 2. The van der Waals surface area contributed by atoms with E-state index in [1.807, 2.05) is 27.7 Å². The molecule has 6 heteroatoms. The van der Waals surface area contributed by atoms with Gasteiger partial charge < -0.3 is 0 Å². The summed E-state index contributed by atoms with van der Waals surface area (Å²) in [5.41, 5.74) is -0.253. The minimum absolute atomic E-state index is 0.196. The predicted octanol–water partition coefficient (Wildman–Crippen LogP) is 1.99. The lowest BCUT2D eigenvalue weighted by atomic mass is 9.86. The quantitative estimate of drug-likeness (QED) is 0.614. The number of β-lactam (4-membered cyclic amide) rings is 2. The SMILES string of the molecule is CC1(C)CC(=O)N1C(=O)c1ccc(C(=O)N2C(=O)CC2(C)C)cc1. The molecule has 0 spiro atoms. The van der Waals surface area contributed by atoms with Crippen LogP contribution in [0.25, 0.3) is 0 Å². The van der Waals surface area contributed by atoms with E-state index < -0.39 is 11.1 Å². The summed E-state index contributed by atoms with van der Waals surface area (Å²) < 4.78 is 0. The van der Waals surface area contributed by atoms with Crippen molar-refractivity contribution >= 4 is 23.6 Å². The number of rotatable bonds is 2. The molecular weight excluding hydrogens is 308 g/mol. The Hall–Kier alpha value is -2.50. The van der Waals surface area contributed by atoms with Crippen molar-refractivity contribution in [2.75, 3.05) is 0 Å². The fourth-order valence-corrected chi connectivity index (χ4v) is 3.34. The van der Waals surface area contributed by atoms with Gasteiger partial charge in [-0.05, 0) is 52.0 Å². The van der Waals surface area contributed by atoms with Gasteiger partial charge in [-0.3, -0.25) is 29.0 Å². The second kappa shape index (κ2) is 5.00. The third-order valence-corrected chi connectivity index (χ3v) is 4.66. The Morgan fingerprint density at radius 2 is 1.04 bits per heavy atom. The maximum absolute atomic E-state index is 12.4. The highest BCUT2D eigenvalue weighted by Crippen LogP contribution is 2.34. The minimum Gasteiger partial charge on any atom is -0.274 e. The average Bonchev–Trinajstić information content (AvgIpc) is 2.45. The Balaban J connectivity index is 1.79. The normalized spacial score (nSPS) is 21.2. The van der Waals surface area contributed by atoms with Crippen LogP contribution in [0.1, 0.15) is 61.3 Å². The molecule has 0 N–H and O–H groups in total. The van der Waals surface area contributed by atoms with E-state index in [1.54, 1.807) is 0 Å². The molecule has 0 unspecified atom stereocenters. The maximum atomic E-state index is 12.4. The summed E-state index contributed by atoms with van der Waals surface area (Å²) in [7, 11) is 0. The monoisotopic (exact) mass is 328 g/mol. The number of benzene rings is 1. The van der Waals surface area contributed by atoms with Gasteiger partial charge in [0.1, 0.15) is 0 Å². The molecule has 1 aromatic carbocycles. The van der Waals surface area contributed by atoms with Crippen LogP contribution < -0.4 is 0 Å². The Bertz CT molecular complexity index is 697. The van der Waals surface area contributed by atoms with E-state index in [4.69, 9.17) is 0 Å². The lowest BCUT2D eigenvalue weighted by molar-refractivity contribution is -0.148. The van der Waals surface area contributed by atoms with Gasteiger partial charge in [-0.15, -0.1) is 0 Å². The van der Waals surface area contributed by atoms with Gasteiger partial charge in [0.05, 0.1) is 23.9 Å². The summed E-state index contributed by atoms with van der Waals surface area (Å²) in [6.45, 7) is 7.34. The standard InChI is InChI=1S/C18H20N2O4/c1-17(2)9-13(21)19(17)15(23)11-5-7-12(8-6-11)16(24)20-14(22)10-18(20,3)4/h5-8H,9-10H2,1-4H3. The van der Waals surface area contributed by atoms with E-state index in [2.05, 4.69) is 0 Å². The number of likely N-dealkylation sites (tertiary alicyclic amines) is 2. The van der Waals surface area contributed by atoms with Gasteiger partial charge in [0, 0.05) is 11.1 Å². The van der Waals surface area contributed by atoms with Crippen molar-refractivity contribution in [2.45, 2.75) is 51.6 Å². The molecule has 6 nitrogen and oxygen atoms in total. The zero-order valence-electron chi connectivity index (χ0n) is 14.3. The number of imide groups is 2. The lowest BCUT2D eigenvalue weighted by Gasteiger charge is -2.46. The van der Waals surface area contributed by atoms with Gasteiger partial charge in [0.15, 0.2) is 0 Å². The number of carbonyl (C=O) groups excluding carboxylic acids is 4. The summed E-state index contributed by atoms with van der Waals surface area (Å²) in [5, 5.41) is 0. The van der Waals surface area contributed by atoms with E-state index >= 15 is 0 Å². The molecule has 0 bridgehead atoms. The highest BCUT2D eigenvalue weighted by atomic mass is 16.2.